The van der Waals surface area contributed by atoms with Crippen LogP contribution >= 0.6 is 0 Å². The van der Waals surface area contributed by atoms with Crippen LogP contribution in [0, 0.1) is 25.1 Å². The second kappa shape index (κ2) is 4.06. The molecule has 0 heterocycles. The molecule has 68 valence electrons. The van der Waals surface area contributed by atoms with Crippen molar-refractivity contribution in [2.75, 3.05) is 0 Å². The molecule has 0 aliphatic rings. The molecule has 0 bridgehead atoms. The molecular weight excluding hydrogens is 165 g/mol. The Morgan fingerprint density at radius 2 is 2.31 bits per heavy atom. The van der Waals surface area contributed by atoms with Gasteiger partial charge in [-0.25, -0.2) is 4.39 Å². The largest absolute Gasteiger partial charge is 0.323 e. The van der Waals surface area contributed by atoms with Gasteiger partial charge in [0, 0.05) is 12.5 Å². The number of benzene rings is 1. The number of halogens is 1. The third-order valence-electron chi connectivity index (χ3n) is 1.98. The summed E-state index contributed by atoms with van der Waals surface area (Å²) < 4.78 is 12.8. The molecule has 1 unspecified atom stereocenters. The van der Waals surface area contributed by atoms with Crippen LogP contribution < -0.4 is 5.73 Å². The van der Waals surface area contributed by atoms with Gasteiger partial charge < -0.3 is 5.73 Å². The second-order valence-corrected chi connectivity index (χ2v) is 3.02. The number of nitrogens with two attached hydrogens (primary N) is 1. The van der Waals surface area contributed by atoms with E-state index in [1.54, 1.807) is 6.07 Å². The normalized spacial score (nSPS) is 12.2. The molecule has 0 aliphatic carbocycles. The minimum absolute atomic E-state index is 0.263. The van der Waals surface area contributed by atoms with Gasteiger partial charge in [0.2, 0.25) is 0 Å². The van der Waals surface area contributed by atoms with Crippen LogP contribution in [0.15, 0.2) is 18.2 Å². The molecule has 0 saturated carbocycles. The Hall–Kier alpha value is -1.33. The molecule has 0 amide bonds. The maximum atomic E-state index is 12.8. The van der Waals surface area contributed by atoms with Crippen molar-refractivity contribution in [3.05, 3.63) is 35.1 Å². The zero-order valence-corrected chi connectivity index (χ0v) is 7.55. The average molecular weight is 177 g/mol. The Labute approximate surface area is 77.8 Å². The third kappa shape index (κ3) is 2.30. The van der Waals surface area contributed by atoms with Gasteiger partial charge in [-0.05, 0) is 30.2 Å². The summed E-state index contributed by atoms with van der Waals surface area (Å²) in [6, 6.07) is 4.31. The first-order valence-electron chi connectivity index (χ1n) is 4.10. The van der Waals surface area contributed by atoms with E-state index in [1.807, 2.05) is 6.92 Å². The highest BCUT2D eigenvalue weighted by atomic mass is 19.1. The molecule has 0 radical (unpaired) electrons. The van der Waals surface area contributed by atoms with Gasteiger partial charge in [-0.2, -0.15) is 0 Å². The fraction of sp³-hybridized carbons (Fsp3) is 0.273. The van der Waals surface area contributed by atoms with Crippen LogP contribution in [-0.4, -0.2) is 0 Å². The lowest BCUT2D eigenvalue weighted by Gasteiger charge is -2.11. The highest BCUT2D eigenvalue weighted by molar-refractivity contribution is 5.30. The summed E-state index contributed by atoms with van der Waals surface area (Å²) >= 11 is 0. The zero-order chi connectivity index (χ0) is 9.84. The molecule has 1 rings (SSSR count). The predicted octanol–water partition coefficient (Wildman–Crippen LogP) is 2.16. The van der Waals surface area contributed by atoms with E-state index in [0.717, 1.165) is 11.1 Å². The van der Waals surface area contributed by atoms with Crippen LogP contribution in [0.5, 0.6) is 0 Å². The van der Waals surface area contributed by atoms with Crippen molar-refractivity contribution in [3.8, 4) is 12.3 Å². The quantitative estimate of drug-likeness (QED) is 0.688. The minimum atomic E-state index is -0.270. The summed E-state index contributed by atoms with van der Waals surface area (Å²) in [6.07, 6.45) is 5.57. The van der Waals surface area contributed by atoms with Crippen LogP contribution in [0.2, 0.25) is 0 Å². The summed E-state index contributed by atoms with van der Waals surface area (Å²) in [4.78, 5) is 0. The van der Waals surface area contributed by atoms with Gasteiger partial charge in [-0.15, -0.1) is 12.3 Å². The Kier molecular flexibility index (Phi) is 3.05. The lowest BCUT2D eigenvalue weighted by molar-refractivity contribution is 0.619. The predicted molar refractivity (Wildman–Crippen MR) is 51.5 cm³/mol. The zero-order valence-electron chi connectivity index (χ0n) is 7.55. The highest BCUT2D eigenvalue weighted by Gasteiger charge is 2.08. The second-order valence-electron chi connectivity index (χ2n) is 3.02. The van der Waals surface area contributed by atoms with Crippen molar-refractivity contribution >= 4 is 0 Å². The summed E-state index contributed by atoms with van der Waals surface area (Å²) in [6.45, 7) is 1.89. The molecule has 0 aliphatic heterocycles. The van der Waals surface area contributed by atoms with Gasteiger partial charge in [-0.1, -0.05) is 6.07 Å². The molecule has 1 nitrogen and oxygen atoms in total. The molecule has 1 aromatic carbocycles. The average Bonchev–Trinajstić information content (AvgIpc) is 2.09. The molecule has 0 saturated heterocycles. The molecule has 1 aromatic rings. The summed E-state index contributed by atoms with van der Waals surface area (Å²) in [7, 11) is 0. The van der Waals surface area contributed by atoms with E-state index in [0.29, 0.717) is 6.42 Å². The van der Waals surface area contributed by atoms with E-state index in [1.165, 1.54) is 12.1 Å². The molecular formula is C11H12FN. The van der Waals surface area contributed by atoms with Gasteiger partial charge in [-0.3, -0.25) is 0 Å². The SMILES string of the molecule is C#CCC(N)c1cc(F)ccc1C. The number of terminal acetylenes is 1. The molecule has 0 aromatic heterocycles. The van der Waals surface area contributed by atoms with Crippen LogP contribution in [0.25, 0.3) is 0 Å². The van der Waals surface area contributed by atoms with Crippen LogP contribution in [-0.2, 0) is 0 Å². The Balaban J connectivity index is 3.00. The van der Waals surface area contributed by atoms with Crippen LogP contribution in [0.1, 0.15) is 23.6 Å². The van der Waals surface area contributed by atoms with Gasteiger partial charge in [0.1, 0.15) is 5.82 Å². The lowest BCUT2D eigenvalue weighted by atomic mass is 10.00. The fourth-order valence-electron chi connectivity index (χ4n) is 1.25. The number of hydrogen-bond acceptors (Lipinski definition) is 1. The van der Waals surface area contributed by atoms with Crippen molar-refractivity contribution in [1.82, 2.24) is 0 Å². The smallest absolute Gasteiger partial charge is 0.123 e. The van der Waals surface area contributed by atoms with Gasteiger partial charge in [0.05, 0.1) is 0 Å². The maximum absolute atomic E-state index is 12.8. The third-order valence-corrected chi connectivity index (χ3v) is 1.98. The van der Waals surface area contributed by atoms with Gasteiger partial charge in [0.15, 0.2) is 0 Å². The number of aryl methyl sites for hydroxylation is 1. The first-order chi connectivity index (χ1) is 6.15. The summed E-state index contributed by atoms with van der Waals surface area (Å²) in [5.74, 6) is 2.19. The van der Waals surface area contributed by atoms with Gasteiger partial charge in [0.25, 0.3) is 0 Å². The van der Waals surface area contributed by atoms with E-state index >= 15 is 0 Å². The Morgan fingerprint density at radius 3 is 2.92 bits per heavy atom. The van der Waals surface area contributed by atoms with Crippen molar-refractivity contribution in [1.29, 1.82) is 0 Å². The van der Waals surface area contributed by atoms with Crippen molar-refractivity contribution in [2.24, 2.45) is 5.73 Å². The van der Waals surface area contributed by atoms with Crippen molar-refractivity contribution in [3.63, 3.8) is 0 Å². The number of rotatable bonds is 2. The first kappa shape index (κ1) is 9.76. The fourth-order valence-corrected chi connectivity index (χ4v) is 1.25. The van der Waals surface area contributed by atoms with Crippen molar-refractivity contribution in [2.45, 2.75) is 19.4 Å². The topological polar surface area (TPSA) is 26.0 Å². The molecule has 0 spiro atoms. The van der Waals surface area contributed by atoms with E-state index in [2.05, 4.69) is 5.92 Å². The summed E-state index contributed by atoms with van der Waals surface area (Å²) in [5.41, 5.74) is 7.53. The molecule has 2 N–H and O–H groups in total. The van der Waals surface area contributed by atoms with Crippen molar-refractivity contribution < 1.29 is 4.39 Å². The standard InChI is InChI=1S/C11H12FN/c1-3-4-11(13)10-7-9(12)6-5-8(10)2/h1,5-7,11H,4,13H2,2H3. The van der Waals surface area contributed by atoms with E-state index in [9.17, 15) is 4.39 Å². The minimum Gasteiger partial charge on any atom is -0.323 e. The molecule has 1 atom stereocenters. The van der Waals surface area contributed by atoms with Crippen LogP contribution in [0.3, 0.4) is 0 Å². The molecule has 2 heteroatoms. The molecule has 13 heavy (non-hydrogen) atoms. The Morgan fingerprint density at radius 1 is 1.62 bits per heavy atom. The van der Waals surface area contributed by atoms with Gasteiger partial charge >= 0.3 is 0 Å². The van der Waals surface area contributed by atoms with E-state index < -0.39 is 0 Å². The Bertz CT molecular complexity index is 338. The monoisotopic (exact) mass is 177 g/mol. The van der Waals surface area contributed by atoms with E-state index in [4.69, 9.17) is 12.2 Å². The van der Waals surface area contributed by atoms with Crippen LogP contribution in [0.4, 0.5) is 4.39 Å². The lowest BCUT2D eigenvalue weighted by Crippen LogP contribution is -2.11. The molecule has 0 fully saturated rings. The maximum Gasteiger partial charge on any atom is 0.123 e. The number of hydrogen-bond donors (Lipinski definition) is 1. The van der Waals surface area contributed by atoms with E-state index in [-0.39, 0.29) is 11.9 Å². The first-order valence-corrected chi connectivity index (χ1v) is 4.10. The highest BCUT2D eigenvalue weighted by Crippen LogP contribution is 2.18. The summed E-state index contributed by atoms with van der Waals surface area (Å²) in [5, 5.41) is 0.